The van der Waals surface area contributed by atoms with Crippen molar-refractivity contribution in [3.63, 3.8) is 0 Å². The lowest BCUT2D eigenvalue weighted by Gasteiger charge is -2.11. The Bertz CT molecular complexity index is 252. The van der Waals surface area contributed by atoms with Gasteiger partial charge in [-0.1, -0.05) is 6.92 Å². The van der Waals surface area contributed by atoms with Gasteiger partial charge in [-0.15, -0.1) is 0 Å². The van der Waals surface area contributed by atoms with Gasteiger partial charge in [0.25, 0.3) is 0 Å². The number of hydrogen-bond acceptors (Lipinski definition) is 2. The summed E-state index contributed by atoms with van der Waals surface area (Å²) in [5.74, 6) is 0. The zero-order chi connectivity index (χ0) is 10.4. The minimum atomic E-state index is 0.490. The van der Waals surface area contributed by atoms with Crippen molar-refractivity contribution in [3.8, 4) is 0 Å². The minimum absolute atomic E-state index is 0.490. The molecule has 0 spiro atoms. The summed E-state index contributed by atoms with van der Waals surface area (Å²) < 4.78 is 0. The molecule has 0 heterocycles. The molecule has 0 bridgehead atoms. The molecule has 0 fully saturated rings. The molecule has 0 aliphatic heterocycles. The van der Waals surface area contributed by atoms with Crippen molar-refractivity contribution in [2.75, 3.05) is 17.2 Å². The fourth-order valence-corrected chi connectivity index (χ4v) is 1.29. The first-order valence-electron chi connectivity index (χ1n) is 5.33. The van der Waals surface area contributed by atoms with Crippen LogP contribution in [0.1, 0.15) is 27.2 Å². The quantitative estimate of drug-likeness (QED) is 0.747. The van der Waals surface area contributed by atoms with Crippen molar-refractivity contribution in [2.45, 2.75) is 33.2 Å². The van der Waals surface area contributed by atoms with Gasteiger partial charge in [-0.05, 0) is 44.5 Å². The SMILES string of the molecule is CCCNc1ccc(NC(C)C)cc1. The molecule has 14 heavy (non-hydrogen) atoms. The van der Waals surface area contributed by atoms with E-state index in [1.165, 1.54) is 11.4 Å². The molecule has 1 rings (SSSR count). The molecule has 0 saturated carbocycles. The maximum Gasteiger partial charge on any atom is 0.0343 e. The van der Waals surface area contributed by atoms with Gasteiger partial charge >= 0.3 is 0 Å². The second-order valence-corrected chi connectivity index (χ2v) is 3.80. The highest BCUT2D eigenvalue weighted by Gasteiger charge is 1.95. The second kappa shape index (κ2) is 5.53. The standard InChI is InChI=1S/C12H20N2/c1-4-9-13-11-5-7-12(8-6-11)14-10(2)3/h5-8,10,13-14H,4,9H2,1-3H3. The Morgan fingerprint density at radius 1 is 1.07 bits per heavy atom. The molecule has 2 nitrogen and oxygen atoms in total. The first-order valence-corrected chi connectivity index (χ1v) is 5.33. The summed E-state index contributed by atoms with van der Waals surface area (Å²) >= 11 is 0. The largest absolute Gasteiger partial charge is 0.385 e. The van der Waals surface area contributed by atoms with Crippen molar-refractivity contribution in [3.05, 3.63) is 24.3 Å². The molecular weight excluding hydrogens is 172 g/mol. The molecule has 1 aromatic carbocycles. The Labute approximate surface area is 86.7 Å². The van der Waals surface area contributed by atoms with Crippen LogP contribution in [0.25, 0.3) is 0 Å². The van der Waals surface area contributed by atoms with Crippen LogP contribution in [-0.2, 0) is 0 Å². The van der Waals surface area contributed by atoms with Crippen LogP contribution >= 0.6 is 0 Å². The Balaban J connectivity index is 2.50. The molecule has 0 unspecified atom stereocenters. The van der Waals surface area contributed by atoms with Crippen molar-refractivity contribution >= 4 is 11.4 Å². The Hall–Kier alpha value is -1.18. The van der Waals surface area contributed by atoms with Gasteiger partial charge in [-0.3, -0.25) is 0 Å². The lowest BCUT2D eigenvalue weighted by atomic mass is 10.2. The second-order valence-electron chi connectivity index (χ2n) is 3.80. The Kier molecular flexibility index (Phi) is 4.30. The third kappa shape index (κ3) is 3.69. The first-order chi connectivity index (χ1) is 6.72. The topological polar surface area (TPSA) is 24.1 Å². The van der Waals surface area contributed by atoms with E-state index in [1.54, 1.807) is 0 Å². The summed E-state index contributed by atoms with van der Waals surface area (Å²) in [5, 5.41) is 6.71. The van der Waals surface area contributed by atoms with Gasteiger partial charge < -0.3 is 10.6 Å². The van der Waals surface area contributed by atoms with Gasteiger partial charge in [-0.25, -0.2) is 0 Å². The summed E-state index contributed by atoms with van der Waals surface area (Å²) in [4.78, 5) is 0. The lowest BCUT2D eigenvalue weighted by Crippen LogP contribution is -2.09. The number of benzene rings is 1. The Morgan fingerprint density at radius 2 is 1.64 bits per heavy atom. The van der Waals surface area contributed by atoms with E-state index in [2.05, 4.69) is 55.7 Å². The highest BCUT2D eigenvalue weighted by atomic mass is 14.9. The Morgan fingerprint density at radius 3 is 2.14 bits per heavy atom. The van der Waals surface area contributed by atoms with Crippen LogP contribution in [0, 0.1) is 0 Å². The molecular formula is C12H20N2. The average molecular weight is 192 g/mol. The number of nitrogens with one attached hydrogen (secondary N) is 2. The van der Waals surface area contributed by atoms with Crippen molar-refractivity contribution in [2.24, 2.45) is 0 Å². The summed E-state index contributed by atoms with van der Waals surface area (Å²) in [6.45, 7) is 7.49. The fraction of sp³-hybridized carbons (Fsp3) is 0.500. The molecule has 0 aliphatic carbocycles. The summed E-state index contributed by atoms with van der Waals surface area (Å²) in [6, 6.07) is 8.93. The molecule has 2 heteroatoms. The van der Waals surface area contributed by atoms with Crippen LogP contribution in [0.4, 0.5) is 11.4 Å². The summed E-state index contributed by atoms with van der Waals surface area (Å²) in [6.07, 6.45) is 1.16. The van der Waals surface area contributed by atoms with Gasteiger partial charge in [0.05, 0.1) is 0 Å². The van der Waals surface area contributed by atoms with E-state index < -0.39 is 0 Å². The molecule has 0 aromatic heterocycles. The summed E-state index contributed by atoms with van der Waals surface area (Å²) in [5.41, 5.74) is 2.38. The van der Waals surface area contributed by atoms with Crippen LogP contribution in [0.5, 0.6) is 0 Å². The highest BCUT2D eigenvalue weighted by Crippen LogP contribution is 2.14. The maximum atomic E-state index is 3.36. The molecule has 0 amide bonds. The zero-order valence-corrected chi connectivity index (χ0v) is 9.30. The van der Waals surface area contributed by atoms with Crippen LogP contribution in [-0.4, -0.2) is 12.6 Å². The van der Waals surface area contributed by atoms with E-state index in [1.807, 2.05) is 0 Å². The normalized spacial score (nSPS) is 10.3. The third-order valence-electron chi connectivity index (χ3n) is 1.92. The van der Waals surface area contributed by atoms with Gasteiger partial charge in [0.2, 0.25) is 0 Å². The monoisotopic (exact) mass is 192 g/mol. The van der Waals surface area contributed by atoms with E-state index in [9.17, 15) is 0 Å². The highest BCUT2D eigenvalue weighted by molar-refractivity contribution is 5.53. The number of hydrogen-bond donors (Lipinski definition) is 2. The molecule has 1 aromatic rings. The van der Waals surface area contributed by atoms with E-state index in [0.29, 0.717) is 6.04 Å². The molecule has 2 N–H and O–H groups in total. The summed E-state index contributed by atoms with van der Waals surface area (Å²) in [7, 11) is 0. The van der Waals surface area contributed by atoms with Crippen molar-refractivity contribution < 1.29 is 0 Å². The van der Waals surface area contributed by atoms with Crippen LogP contribution in [0.3, 0.4) is 0 Å². The predicted octanol–water partition coefficient (Wildman–Crippen LogP) is 3.33. The molecule has 78 valence electrons. The third-order valence-corrected chi connectivity index (χ3v) is 1.92. The van der Waals surface area contributed by atoms with E-state index in [4.69, 9.17) is 0 Å². The van der Waals surface area contributed by atoms with E-state index in [0.717, 1.165) is 13.0 Å². The maximum absolute atomic E-state index is 3.36. The minimum Gasteiger partial charge on any atom is -0.385 e. The van der Waals surface area contributed by atoms with Crippen molar-refractivity contribution in [1.29, 1.82) is 0 Å². The van der Waals surface area contributed by atoms with Crippen LogP contribution < -0.4 is 10.6 Å². The first kappa shape index (κ1) is 10.9. The van der Waals surface area contributed by atoms with Gasteiger partial charge in [-0.2, -0.15) is 0 Å². The van der Waals surface area contributed by atoms with Crippen LogP contribution in [0.15, 0.2) is 24.3 Å². The van der Waals surface area contributed by atoms with E-state index in [-0.39, 0.29) is 0 Å². The zero-order valence-electron chi connectivity index (χ0n) is 9.30. The van der Waals surface area contributed by atoms with Crippen LogP contribution in [0.2, 0.25) is 0 Å². The average Bonchev–Trinajstić information content (AvgIpc) is 2.16. The van der Waals surface area contributed by atoms with Gasteiger partial charge in [0, 0.05) is 24.0 Å². The van der Waals surface area contributed by atoms with Crippen molar-refractivity contribution in [1.82, 2.24) is 0 Å². The lowest BCUT2D eigenvalue weighted by molar-refractivity contribution is 0.899. The van der Waals surface area contributed by atoms with Gasteiger partial charge in [0.15, 0.2) is 0 Å². The predicted molar refractivity (Wildman–Crippen MR) is 64.0 cm³/mol. The smallest absolute Gasteiger partial charge is 0.0343 e. The number of anilines is 2. The fourth-order valence-electron chi connectivity index (χ4n) is 1.29. The molecule has 0 aliphatic rings. The molecule has 0 saturated heterocycles. The van der Waals surface area contributed by atoms with Gasteiger partial charge in [0.1, 0.15) is 0 Å². The van der Waals surface area contributed by atoms with E-state index >= 15 is 0 Å². The molecule has 0 radical (unpaired) electrons. The molecule has 0 atom stereocenters. The number of rotatable bonds is 5.